The normalized spacial score (nSPS) is 22.8. The van der Waals surface area contributed by atoms with Gasteiger partial charge in [0.25, 0.3) is 40.5 Å². The van der Waals surface area contributed by atoms with Gasteiger partial charge in [0.05, 0.1) is 38.9 Å². The molecule has 3 heterocycles. The summed E-state index contributed by atoms with van der Waals surface area (Å²) < 4.78 is 141. The average Bonchev–Trinajstić information content (AvgIpc) is 3.79. The summed E-state index contributed by atoms with van der Waals surface area (Å²) in [6, 6.07) is 8.52. The molecule has 320 valence electrons. The molecule has 4 N–H and O–H groups in total. The number of epoxide rings is 1. The summed E-state index contributed by atoms with van der Waals surface area (Å²) in [5.74, 6) is -0.982. The minimum atomic E-state index is -4.55. The molecule has 3 aliphatic heterocycles. The fourth-order valence-corrected chi connectivity index (χ4v) is 10.2. The topological polar surface area (TPSA) is 236 Å². The van der Waals surface area contributed by atoms with Crippen molar-refractivity contribution in [1.29, 1.82) is 0 Å². The number of allylic oxidation sites excluding steroid dienone is 6. The van der Waals surface area contributed by atoms with E-state index >= 15 is 0 Å². The molecule has 3 atom stereocenters. The second kappa shape index (κ2) is 17.4. The molecular weight excluding hydrogens is 833 g/mol. The second-order valence-electron chi connectivity index (χ2n) is 15.7. The van der Waals surface area contributed by atoms with Crippen LogP contribution in [0.3, 0.4) is 0 Å². The second-order valence-corrected chi connectivity index (χ2v) is 21.7. The van der Waals surface area contributed by atoms with Crippen molar-refractivity contribution >= 4 is 57.6 Å². The molecule has 0 amide bonds. The number of nitrogens with zero attached hydrogens (tertiary/aromatic N) is 2. The van der Waals surface area contributed by atoms with E-state index in [2.05, 4.69) is 6.92 Å². The van der Waals surface area contributed by atoms with E-state index in [4.69, 9.17) is 4.74 Å². The van der Waals surface area contributed by atoms with Gasteiger partial charge < -0.3 is 9.64 Å². The molecule has 0 bridgehead atoms. The maximum atomic E-state index is 12.3. The Kier molecular flexibility index (Phi) is 13.7. The molecule has 1 saturated heterocycles. The Morgan fingerprint density at radius 1 is 0.741 bits per heavy atom. The Morgan fingerprint density at radius 2 is 1.36 bits per heavy atom. The predicted molar refractivity (Wildman–Crippen MR) is 220 cm³/mol. The fraction of sp³-hybridized carbons (Fsp3) is 0.513. The van der Waals surface area contributed by atoms with Gasteiger partial charge in [0.15, 0.2) is 5.71 Å². The molecular formula is C39H53N2O13S4+. The average molecular weight is 886 g/mol. The van der Waals surface area contributed by atoms with Crippen LogP contribution in [-0.2, 0) is 56.0 Å². The minimum absolute atomic E-state index is 0.0627. The Labute approximate surface area is 342 Å². The lowest BCUT2D eigenvalue weighted by atomic mass is 9.77. The number of anilines is 1. The van der Waals surface area contributed by atoms with Gasteiger partial charge in [0.1, 0.15) is 6.54 Å². The van der Waals surface area contributed by atoms with Crippen LogP contribution in [0.5, 0.6) is 0 Å². The van der Waals surface area contributed by atoms with Gasteiger partial charge in [-0.05, 0) is 88.4 Å². The highest BCUT2D eigenvalue weighted by Crippen LogP contribution is 2.51. The highest BCUT2D eigenvalue weighted by molar-refractivity contribution is 7.86. The molecule has 15 nitrogen and oxygen atoms in total. The minimum Gasteiger partial charge on any atom is -0.370 e. The highest BCUT2D eigenvalue weighted by atomic mass is 32.2. The Hall–Kier alpha value is -3.27. The van der Waals surface area contributed by atoms with E-state index in [9.17, 15) is 51.9 Å². The summed E-state index contributed by atoms with van der Waals surface area (Å²) in [5, 5.41) is 0. The number of rotatable bonds is 20. The van der Waals surface area contributed by atoms with E-state index in [0.717, 1.165) is 37.8 Å². The lowest BCUT2D eigenvalue weighted by Gasteiger charge is -2.30. The van der Waals surface area contributed by atoms with Crippen LogP contribution in [0.1, 0.15) is 90.2 Å². The van der Waals surface area contributed by atoms with E-state index in [0.29, 0.717) is 40.7 Å². The van der Waals surface area contributed by atoms with Crippen LogP contribution in [0.4, 0.5) is 11.4 Å². The van der Waals surface area contributed by atoms with E-state index in [1.165, 1.54) is 24.3 Å². The third kappa shape index (κ3) is 10.9. The lowest BCUT2D eigenvalue weighted by Crippen LogP contribution is -2.30. The van der Waals surface area contributed by atoms with Crippen molar-refractivity contribution in [2.45, 2.75) is 112 Å². The molecule has 5 rings (SSSR count). The lowest BCUT2D eigenvalue weighted by molar-refractivity contribution is -0.437. The van der Waals surface area contributed by atoms with Gasteiger partial charge in [-0.2, -0.15) is 38.2 Å². The molecule has 0 aliphatic carbocycles. The maximum absolute atomic E-state index is 12.3. The Morgan fingerprint density at radius 3 is 1.97 bits per heavy atom. The van der Waals surface area contributed by atoms with Gasteiger partial charge in [-0.15, -0.1) is 0 Å². The smallest absolute Gasteiger partial charge is 0.294 e. The number of ether oxygens (including phenoxy) is 1. The number of fused-ring (bicyclic) bond motifs is 2. The fourth-order valence-electron chi connectivity index (χ4n) is 8.21. The van der Waals surface area contributed by atoms with Crippen LogP contribution in [0.25, 0.3) is 0 Å². The maximum Gasteiger partial charge on any atom is 0.294 e. The summed E-state index contributed by atoms with van der Waals surface area (Å²) in [7, 11) is -17.6. The largest absolute Gasteiger partial charge is 0.370 e. The molecule has 19 heteroatoms. The molecule has 2 aromatic rings. The summed E-state index contributed by atoms with van der Waals surface area (Å²) in [6.07, 6.45) is 14.8. The van der Waals surface area contributed by atoms with Crippen LogP contribution in [0, 0.1) is 0 Å². The van der Waals surface area contributed by atoms with E-state index in [1.807, 2.05) is 36.3 Å². The van der Waals surface area contributed by atoms with Gasteiger partial charge in [-0.1, -0.05) is 44.4 Å². The molecule has 0 aromatic heterocycles. The SMILES string of the molecule is CCC1OC1CCCCCC1(C)\C(=C/C=C/C=C/C2=[N+](CCCS(=O)(=O)O)c3ccc(S(=O)(=O)O)cc3C2(C)C)N(CCCS(=O)(=O)O)c2ccc(S(=O)(=O)O)cc21. The van der Waals surface area contributed by atoms with E-state index in [1.54, 1.807) is 36.4 Å². The number of unbranched alkanes of at least 4 members (excludes halogenated alkanes) is 2. The van der Waals surface area contributed by atoms with E-state index in [-0.39, 0.29) is 41.8 Å². The van der Waals surface area contributed by atoms with Crippen molar-refractivity contribution in [3.63, 3.8) is 0 Å². The summed E-state index contributed by atoms with van der Waals surface area (Å²) >= 11 is 0. The zero-order valence-electron chi connectivity index (χ0n) is 33.0. The molecule has 0 saturated carbocycles. The molecule has 0 spiro atoms. The molecule has 58 heavy (non-hydrogen) atoms. The third-order valence-corrected chi connectivity index (χ3v) is 14.5. The molecule has 2 aromatic carbocycles. The van der Waals surface area contributed by atoms with Crippen LogP contribution < -0.4 is 4.90 Å². The van der Waals surface area contributed by atoms with Crippen molar-refractivity contribution in [2.75, 3.05) is 29.5 Å². The van der Waals surface area contributed by atoms with Crippen molar-refractivity contribution < 1.29 is 61.2 Å². The monoisotopic (exact) mass is 885 g/mol. The zero-order chi connectivity index (χ0) is 42.9. The van der Waals surface area contributed by atoms with Crippen molar-refractivity contribution in [1.82, 2.24) is 0 Å². The first-order chi connectivity index (χ1) is 26.9. The molecule has 0 radical (unpaired) electrons. The molecule has 3 aliphatic rings. The standard InChI is InChI=1S/C39H52N2O13S4/c1-5-34-35(54-34)14-8-7-11-21-39(4)31-27-29(58(51,52)53)18-20-33(31)41(23-13-25-56(45,46)47)37(39)16-10-6-9-15-36-38(2,3)30-26-28(57(48,49)50)17-19-32(30)40(36)22-12-24-55(42,43)44/h6,9-10,15-20,26-27,34-35H,5,7-8,11-14,21-25H2,1-4H3,(H3-,42,43,44,45,46,47,48,49,50,51,52,53)/p+1. The number of hydrogen-bond donors (Lipinski definition) is 4. The van der Waals surface area contributed by atoms with Crippen molar-refractivity contribution in [2.24, 2.45) is 0 Å². The van der Waals surface area contributed by atoms with Gasteiger partial charge >= 0.3 is 0 Å². The first-order valence-electron chi connectivity index (χ1n) is 19.1. The first kappa shape index (κ1) is 45.8. The molecule has 3 unspecified atom stereocenters. The van der Waals surface area contributed by atoms with Gasteiger partial charge in [0.2, 0.25) is 5.69 Å². The van der Waals surface area contributed by atoms with Crippen molar-refractivity contribution in [3.8, 4) is 0 Å². The number of hydrogen-bond acceptors (Lipinski definition) is 10. The Balaban J connectivity index is 1.50. The Bertz CT molecular complexity index is 2470. The summed E-state index contributed by atoms with van der Waals surface area (Å²) in [4.78, 5) is 1.34. The number of benzene rings is 2. The van der Waals surface area contributed by atoms with Gasteiger partial charge in [-0.3, -0.25) is 18.2 Å². The van der Waals surface area contributed by atoms with Crippen LogP contribution >= 0.6 is 0 Å². The van der Waals surface area contributed by atoms with Crippen molar-refractivity contribution in [3.05, 3.63) is 83.6 Å². The predicted octanol–water partition coefficient (Wildman–Crippen LogP) is 6.01. The first-order valence-corrected chi connectivity index (χ1v) is 25.2. The highest BCUT2D eigenvalue weighted by Gasteiger charge is 2.46. The van der Waals surface area contributed by atoms with Crippen LogP contribution in [0.2, 0.25) is 0 Å². The molecule has 1 fully saturated rings. The van der Waals surface area contributed by atoms with Crippen LogP contribution in [0.15, 0.2) is 82.3 Å². The zero-order valence-corrected chi connectivity index (χ0v) is 36.2. The quantitative estimate of drug-likeness (QED) is 0.0392. The van der Waals surface area contributed by atoms with E-state index < -0.39 is 62.8 Å². The summed E-state index contributed by atoms with van der Waals surface area (Å²) in [6.45, 7) is 8.14. The van der Waals surface area contributed by atoms with Gasteiger partial charge in [-0.25, -0.2) is 0 Å². The third-order valence-electron chi connectivity index (χ3n) is 11.2. The summed E-state index contributed by atoms with van der Waals surface area (Å²) in [5.41, 5.74) is 2.33. The van der Waals surface area contributed by atoms with Crippen LogP contribution in [-0.4, -0.2) is 99.0 Å². The van der Waals surface area contributed by atoms with Gasteiger partial charge in [0, 0.05) is 47.5 Å².